The third-order valence-corrected chi connectivity index (χ3v) is 8.15. The molecule has 1 amide bonds. The summed E-state index contributed by atoms with van der Waals surface area (Å²) < 4.78 is 0. The van der Waals surface area contributed by atoms with Gasteiger partial charge in [0.15, 0.2) is 0 Å². The van der Waals surface area contributed by atoms with Crippen molar-refractivity contribution in [2.75, 3.05) is 0 Å². The summed E-state index contributed by atoms with van der Waals surface area (Å²) in [4.78, 5) is 13.5. The van der Waals surface area contributed by atoms with E-state index in [4.69, 9.17) is 0 Å². The Hall–Kier alpha value is -1.31. The van der Waals surface area contributed by atoms with Gasteiger partial charge in [0, 0.05) is 6.04 Å². The van der Waals surface area contributed by atoms with Crippen LogP contribution in [0.2, 0.25) is 0 Å². The third kappa shape index (κ3) is 2.72. The van der Waals surface area contributed by atoms with Crippen LogP contribution in [-0.4, -0.2) is 11.9 Å². The van der Waals surface area contributed by atoms with E-state index in [9.17, 15) is 4.79 Å². The van der Waals surface area contributed by atoms with Gasteiger partial charge in [-0.3, -0.25) is 4.79 Å². The molecule has 0 heterocycles. The number of hydrogen-bond donors (Lipinski definition) is 1. The Morgan fingerprint density at radius 1 is 0.962 bits per heavy atom. The lowest BCUT2D eigenvalue weighted by atomic mass is 9.42. The van der Waals surface area contributed by atoms with Gasteiger partial charge in [-0.1, -0.05) is 49.1 Å². The molecule has 0 aliphatic heterocycles. The third-order valence-electron chi connectivity index (χ3n) is 8.15. The summed E-state index contributed by atoms with van der Waals surface area (Å²) in [6, 6.07) is 9.69. The van der Waals surface area contributed by atoms with E-state index in [2.05, 4.69) is 36.5 Å². The molecule has 2 atom stereocenters. The summed E-state index contributed by atoms with van der Waals surface area (Å²) in [5.74, 6) is 1.93. The number of carbonyl (C=O) groups excluding carboxylic acids is 1. The smallest absolute Gasteiger partial charge is 0.226 e. The first kappa shape index (κ1) is 16.8. The average molecular weight is 352 g/mol. The lowest BCUT2D eigenvalue weighted by Crippen LogP contribution is -2.60. The van der Waals surface area contributed by atoms with Gasteiger partial charge in [-0.05, 0) is 81.1 Å². The second-order valence-corrected chi connectivity index (χ2v) is 10.2. The fourth-order valence-corrected chi connectivity index (χ4v) is 7.36. The maximum atomic E-state index is 13.5. The maximum Gasteiger partial charge on any atom is 0.226 e. The van der Waals surface area contributed by atoms with Gasteiger partial charge in [-0.15, -0.1) is 0 Å². The lowest BCUT2D eigenvalue weighted by Gasteiger charge is -2.61. The molecule has 1 aromatic rings. The highest BCUT2D eigenvalue weighted by molar-refractivity contribution is 5.83. The van der Waals surface area contributed by atoms with Crippen LogP contribution in [0.1, 0.15) is 81.8 Å². The highest BCUT2D eigenvalue weighted by Gasteiger charge is 2.61. The largest absolute Gasteiger partial charge is 0.353 e. The first-order valence-electron chi connectivity index (χ1n) is 11.0. The Morgan fingerprint density at radius 3 is 2.27 bits per heavy atom. The van der Waals surface area contributed by atoms with Crippen LogP contribution in [-0.2, 0) is 10.2 Å². The van der Waals surface area contributed by atoms with E-state index in [-0.39, 0.29) is 10.8 Å². The Labute approximate surface area is 158 Å². The van der Waals surface area contributed by atoms with Crippen molar-refractivity contribution in [2.24, 2.45) is 17.3 Å². The van der Waals surface area contributed by atoms with E-state index in [1.807, 2.05) is 0 Å². The van der Waals surface area contributed by atoms with E-state index in [1.165, 1.54) is 62.5 Å². The molecule has 0 aromatic heterocycles. The fourth-order valence-electron chi connectivity index (χ4n) is 7.36. The molecule has 140 valence electrons. The van der Waals surface area contributed by atoms with E-state index in [1.54, 1.807) is 0 Å². The first-order valence-corrected chi connectivity index (χ1v) is 11.0. The Balaban J connectivity index is 1.42. The van der Waals surface area contributed by atoms with E-state index in [0.29, 0.717) is 11.9 Å². The summed E-state index contributed by atoms with van der Waals surface area (Å²) in [6.45, 7) is 2.17. The summed E-state index contributed by atoms with van der Waals surface area (Å²) in [5, 5.41) is 3.51. The normalized spacial score (nSPS) is 39.1. The Morgan fingerprint density at radius 2 is 1.62 bits per heavy atom. The zero-order valence-electron chi connectivity index (χ0n) is 16.2. The van der Waals surface area contributed by atoms with Gasteiger partial charge in [0.05, 0.1) is 5.41 Å². The van der Waals surface area contributed by atoms with Crippen LogP contribution in [0.3, 0.4) is 0 Å². The van der Waals surface area contributed by atoms with Crippen LogP contribution >= 0.6 is 0 Å². The van der Waals surface area contributed by atoms with E-state index < -0.39 is 0 Å². The van der Waals surface area contributed by atoms with Crippen LogP contribution in [0, 0.1) is 24.2 Å². The summed E-state index contributed by atoms with van der Waals surface area (Å²) in [6.07, 6.45) is 13.7. The molecular formula is C24H33NO. The van der Waals surface area contributed by atoms with Crippen molar-refractivity contribution < 1.29 is 4.79 Å². The predicted octanol–water partition coefficient (Wildman–Crippen LogP) is 5.28. The van der Waals surface area contributed by atoms with E-state index in [0.717, 1.165) is 31.1 Å². The molecule has 2 nitrogen and oxygen atoms in total. The molecule has 0 spiro atoms. The topological polar surface area (TPSA) is 29.1 Å². The minimum Gasteiger partial charge on any atom is -0.353 e. The van der Waals surface area contributed by atoms with Crippen molar-refractivity contribution in [2.45, 2.75) is 89.0 Å². The Bertz CT molecular complexity index is 671. The van der Waals surface area contributed by atoms with Crippen LogP contribution in [0.4, 0.5) is 0 Å². The van der Waals surface area contributed by atoms with Gasteiger partial charge in [0.25, 0.3) is 0 Å². The van der Waals surface area contributed by atoms with Crippen molar-refractivity contribution in [1.82, 2.24) is 5.32 Å². The van der Waals surface area contributed by atoms with Crippen LogP contribution in [0.5, 0.6) is 0 Å². The zero-order valence-corrected chi connectivity index (χ0v) is 16.2. The molecule has 5 saturated carbocycles. The van der Waals surface area contributed by atoms with Gasteiger partial charge in [0.1, 0.15) is 0 Å². The van der Waals surface area contributed by atoms with Crippen LogP contribution in [0.25, 0.3) is 0 Å². The number of benzene rings is 1. The van der Waals surface area contributed by atoms with Crippen molar-refractivity contribution in [3.05, 3.63) is 35.4 Å². The summed E-state index contributed by atoms with van der Waals surface area (Å²) in [5.41, 5.74) is 3.03. The van der Waals surface area contributed by atoms with Crippen molar-refractivity contribution in [3.8, 4) is 0 Å². The monoisotopic (exact) mass is 351 g/mol. The molecule has 2 unspecified atom stereocenters. The van der Waals surface area contributed by atoms with Crippen molar-refractivity contribution in [1.29, 1.82) is 0 Å². The molecule has 5 fully saturated rings. The molecule has 2 heteroatoms. The molecular weight excluding hydrogens is 318 g/mol. The number of carbonyl (C=O) groups is 1. The van der Waals surface area contributed by atoms with Crippen molar-refractivity contribution >= 4 is 5.91 Å². The standard InChI is InChI=1S/C24H33NO/c1-17-7-9-20(10-8-17)23-12-18-11-19(13-23)15-24(14-18,16-23)22(26)25-21-5-3-2-4-6-21/h7-10,18-19,21H,2-6,11-16H2,1H3,(H,25,26). The fraction of sp³-hybridized carbons (Fsp3) is 0.708. The molecule has 5 aliphatic rings. The number of amides is 1. The second-order valence-electron chi connectivity index (χ2n) is 10.2. The molecule has 0 radical (unpaired) electrons. The summed E-state index contributed by atoms with van der Waals surface area (Å²) >= 11 is 0. The van der Waals surface area contributed by atoms with Crippen LogP contribution < -0.4 is 5.32 Å². The lowest BCUT2D eigenvalue weighted by molar-refractivity contribution is -0.150. The Kier molecular flexibility index (Phi) is 3.95. The number of rotatable bonds is 3. The average Bonchev–Trinajstić information content (AvgIpc) is 2.62. The van der Waals surface area contributed by atoms with Gasteiger partial charge in [-0.2, -0.15) is 0 Å². The minimum atomic E-state index is -0.0770. The second kappa shape index (κ2) is 6.11. The first-order chi connectivity index (χ1) is 12.6. The minimum absolute atomic E-state index is 0.0770. The maximum absolute atomic E-state index is 13.5. The van der Waals surface area contributed by atoms with Gasteiger partial charge < -0.3 is 5.32 Å². The highest BCUT2D eigenvalue weighted by Crippen LogP contribution is 2.65. The van der Waals surface area contributed by atoms with Gasteiger partial charge in [-0.25, -0.2) is 0 Å². The SMILES string of the molecule is Cc1ccc(C23CC4CC(CC(C(=O)NC5CCCCC5)(C4)C2)C3)cc1. The van der Waals surface area contributed by atoms with Gasteiger partial charge in [0.2, 0.25) is 5.91 Å². The molecule has 5 aliphatic carbocycles. The molecule has 0 saturated heterocycles. The zero-order chi connectivity index (χ0) is 17.8. The number of nitrogens with one attached hydrogen (secondary N) is 1. The van der Waals surface area contributed by atoms with E-state index >= 15 is 0 Å². The molecule has 6 rings (SSSR count). The predicted molar refractivity (Wildman–Crippen MR) is 105 cm³/mol. The molecule has 4 bridgehead atoms. The number of aryl methyl sites for hydroxylation is 1. The number of hydrogen-bond acceptors (Lipinski definition) is 1. The molecule has 1 aromatic carbocycles. The molecule has 26 heavy (non-hydrogen) atoms. The summed E-state index contributed by atoms with van der Waals surface area (Å²) in [7, 11) is 0. The quantitative estimate of drug-likeness (QED) is 0.788. The van der Waals surface area contributed by atoms with Crippen LogP contribution in [0.15, 0.2) is 24.3 Å². The van der Waals surface area contributed by atoms with Crippen molar-refractivity contribution in [3.63, 3.8) is 0 Å². The molecule has 1 N–H and O–H groups in total. The van der Waals surface area contributed by atoms with Gasteiger partial charge >= 0.3 is 0 Å². The highest BCUT2D eigenvalue weighted by atomic mass is 16.2.